The van der Waals surface area contributed by atoms with Gasteiger partial charge in [-0.3, -0.25) is 0 Å². The second kappa shape index (κ2) is 2.52. The molecular formula is C8H7O2. The highest BCUT2D eigenvalue weighted by atomic mass is 16.4. The van der Waals surface area contributed by atoms with Crippen molar-refractivity contribution in [2.24, 2.45) is 0 Å². The zero-order chi connectivity index (χ0) is 7.56. The first-order chi connectivity index (χ1) is 4.72. The summed E-state index contributed by atoms with van der Waals surface area (Å²) < 4.78 is 0. The molecule has 51 valence electrons. The quantitative estimate of drug-likeness (QED) is 0.634. The number of carbonyl (C=O) groups is 1. The van der Waals surface area contributed by atoms with Gasteiger partial charge >= 0.3 is 5.97 Å². The van der Waals surface area contributed by atoms with Crippen LogP contribution in [0.25, 0.3) is 0 Å². The number of aromatic carboxylic acids is 1. The largest absolute Gasteiger partial charge is 0.478 e. The Kier molecular flexibility index (Phi) is 1.71. The fourth-order valence-electron chi connectivity index (χ4n) is 0.729. The first-order valence-corrected chi connectivity index (χ1v) is 2.86. The fraction of sp³-hybridized carbons (Fsp3) is 0. The Bertz CT molecular complexity index is 253. The second-order valence-corrected chi connectivity index (χ2v) is 1.96. The molecule has 1 aromatic carbocycles. The Morgan fingerprint density at radius 1 is 1.40 bits per heavy atom. The van der Waals surface area contributed by atoms with Gasteiger partial charge in [-0.15, -0.1) is 0 Å². The lowest BCUT2D eigenvalue weighted by molar-refractivity contribution is 0.0696. The van der Waals surface area contributed by atoms with Crippen LogP contribution in [-0.2, 0) is 0 Å². The van der Waals surface area contributed by atoms with Crippen molar-refractivity contribution in [2.45, 2.75) is 0 Å². The average molecular weight is 135 g/mol. The molecule has 0 aliphatic rings. The van der Waals surface area contributed by atoms with E-state index in [0.717, 1.165) is 0 Å². The van der Waals surface area contributed by atoms with Gasteiger partial charge in [0, 0.05) is 0 Å². The van der Waals surface area contributed by atoms with Crippen molar-refractivity contribution in [3.05, 3.63) is 42.3 Å². The molecule has 0 heterocycles. The summed E-state index contributed by atoms with van der Waals surface area (Å²) in [4.78, 5) is 10.4. The van der Waals surface area contributed by atoms with Crippen LogP contribution in [0.2, 0.25) is 0 Å². The molecule has 1 aromatic rings. The number of carboxylic acids is 1. The standard InChI is InChI=1S/C8H7O2/c1-6-4-2-3-5-7(6)8(9)10/h2-5H,1H2,(H,9,10). The Morgan fingerprint density at radius 3 is 2.40 bits per heavy atom. The lowest BCUT2D eigenvalue weighted by Gasteiger charge is -1.96. The smallest absolute Gasteiger partial charge is 0.335 e. The van der Waals surface area contributed by atoms with Crippen LogP contribution in [0.4, 0.5) is 0 Å². The van der Waals surface area contributed by atoms with Gasteiger partial charge in [-0.25, -0.2) is 4.79 Å². The van der Waals surface area contributed by atoms with E-state index in [0.29, 0.717) is 5.56 Å². The molecule has 0 spiro atoms. The lowest BCUT2D eigenvalue weighted by Crippen LogP contribution is -1.97. The summed E-state index contributed by atoms with van der Waals surface area (Å²) >= 11 is 0. The normalized spacial score (nSPS) is 9.30. The lowest BCUT2D eigenvalue weighted by atomic mass is 10.1. The summed E-state index contributed by atoms with van der Waals surface area (Å²) in [6.07, 6.45) is 0. The van der Waals surface area contributed by atoms with E-state index in [1.54, 1.807) is 18.2 Å². The predicted octanol–water partition coefficient (Wildman–Crippen LogP) is 1.57. The zero-order valence-electron chi connectivity index (χ0n) is 5.37. The summed E-state index contributed by atoms with van der Waals surface area (Å²) in [6.45, 7) is 3.56. The number of rotatable bonds is 1. The molecule has 1 radical (unpaired) electrons. The summed E-state index contributed by atoms with van der Waals surface area (Å²) in [5.74, 6) is -0.925. The molecule has 0 bridgehead atoms. The van der Waals surface area contributed by atoms with Crippen LogP contribution < -0.4 is 0 Å². The third kappa shape index (κ3) is 1.16. The molecule has 0 saturated heterocycles. The van der Waals surface area contributed by atoms with Crippen LogP contribution in [0.5, 0.6) is 0 Å². The maximum absolute atomic E-state index is 10.4. The first-order valence-electron chi connectivity index (χ1n) is 2.86. The minimum atomic E-state index is -0.925. The molecule has 2 heteroatoms. The van der Waals surface area contributed by atoms with Crippen LogP contribution in [0.1, 0.15) is 15.9 Å². The topological polar surface area (TPSA) is 37.3 Å². The van der Waals surface area contributed by atoms with Gasteiger partial charge in [0.2, 0.25) is 0 Å². The van der Waals surface area contributed by atoms with Gasteiger partial charge in [-0.1, -0.05) is 18.2 Å². The van der Waals surface area contributed by atoms with Crippen molar-refractivity contribution in [1.82, 2.24) is 0 Å². The minimum absolute atomic E-state index is 0.266. The molecule has 0 aliphatic carbocycles. The molecule has 0 atom stereocenters. The third-order valence-corrected chi connectivity index (χ3v) is 1.25. The summed E-state index contributed by atoms with van der Waals surface area (Å²) in [6, 6.07) is 6.64. The van der Waals surface area contributed by atoms with Crippen molar-refractivity contribution in [2.75, 3.05) is 0 Å². The monoisotopic (exact) mass is 135 g/mol. The summed E-state index contributed by atoms with van der Waals surface area (Å²) in [5.41, 5.74) is 0.817. The molecule has 2 nitrogen and oxygen atoms in total. The van der Waals surface area contributed by atoms with Gasteiger partial charge in [0.15, 0.2) is 0 Å². The van der Waals surface area contributed by atoms with Crippen molar-refractivity contribution < 1.29 is 9.90 Å². The number of benzene rings is 1. The Morgan fingerprint density at radius 2 is 2.00 bits per heavy atom. The van der Waals surface area contributed by atoms with Gasteiger partial charge in [-0.05, 0) is 18.6 Å². The minimum Gasteiger partial charge on any atom is -0.478 e. The van der Waals surface area contributed by atoms with Crippen molar-refractivity contribution >= 4 is 5.97 Å². The Balaban J connectivity index is 3.15. The summed E-state index contributed by atoms with van der Waals surface area (Å²) in [7, 11) is 0. The van der Waals surface area contributed by atoms with Gasteiger partial charge in [0.25, 0.3) is 0 Å². The van der Waals surface area contributed by atoms with Gasteiger partial charge in [-0.2, -0.15) is 0 Å². The fourth-order valence-corrected chi connectivity index (χ4v) is 0.729. The van der Waals surface area contributed by atoms with Crippen LogP contribution >= 0.6 is 0 Å². The molecule has 10 heavy (non-hydrogen) atoms. The van der Waals surface area contributed by atoms with E-state index < -0.39 is 5.97 Å². The molecule has 0 amide bonds. The van der Waals surface area contributed by atoms with Crippen LogP contribution in [-0.4, -0.2) is 11.1 Å². The maximum Gasteiger partial charge on any atom is 0.335 e. The van der Waals surface area contributed by atoms with Crippen LogP contribution in [0, 0.1) is 6.92 Å². The van der Waals surface area contributed by atoms with Crippen molar-refractivity contribution in [1.29, 1.82) is 0 Å². The zero-order valence-corrected chi connectivity index (χ0v) is 5.37. The van der Waals surface area contributed by atoms with Gasteiger partial charge in [0.1, 0.15) is 0 Å². The molecule has 1 N–H and O–H groups in total. The van der Waals surface area contributed by atoms with E-state index in [1.165, 1.54) is 6.07 Å². The molecule has 0 aromatic heterocycles. The average Bonchev–Trinajstić information content (AvgIpc) is 1.88. The van der Waals surface area contributed by atoms with E-state index in [-0.39, 0.29) is 5.56 Å². The number of hydrogen-bond donors (Lipinski definition) is 1. The molecule has 0 saturated carbocycles. The Labute approximate surface area is 59.1 Å². The Hall–Kier alpha value is -1.31. The SMILES string of the molecule is [CH2]c1ccccc1C(=O)O. The molecule has 0 unspecified atom stereocenters. The molecule has 1 rings (SSSR count). The van der Waals surface area contributed by atoms with E-state index in [1.807, 2.05) is 0 Å². The van der Waals surface area contributed by atoms with Crippen molar-refractivity contribution in [3.63, 3.8) is 0 Å². The molecule has 0 fully saturated rings. The van der Waals surface area contributed by atoms with Gasteiger partial charge < -0.3 is 5.11 Å². The molecular weight excluding hydrogens is 128 g/mol. The molecule has 0 aliphatic heterocycles. The first kappa shape index (κ1) is 6.81. The maximum atomic E-state index is 10.4. The van der Waals surface area contributed by atoms with Gasteiger partial charge in [0.05, 0.1) is 5.56 Å². The predicted molar refractivity (Wildman–Crippen MR) is 37.9 cm³/mol. The van der Waals surface area contributed by atoms with E-state index in [4.69, 9.17) is 5.11 Å². The second-order valence-electron chi connectivity index (χ2n) is 1.96. The highest BCUT2D eigenvalue weighted by Gasteiger charge is 2.03. The highest BCUT2D eigenvalue weighted by Crippen LogP contribution is 2.05. The third-order valence-electron chi connectivity index (χ3n) is 1.25. The number of hydrogen-bond acceptors (Lipinski definition) is 1. The van der Waals surface area contributed by atoms with E-state index in [2.05, 4.69) is 6.92 Å². The van der Waals surface area contributed by atoms with Crippen molar-refractivity contribution in [3.8, 4) is 0 Å². The highest BCUT2D eigenvalue weighted by molar-refractivity contribution is 5.89. The van der Waals surface area contributed by atoms with E-state index >= 15 is 0 Å². The van der Waals surface area contributed by atoms with Crippen LogP contribution in [0.3, 0.4) is 0 Å². The number of carboxylic acid groups (broad SMARTS) is 1. The van der Waals surface area contributed by atoms with Crippen LogP contribution in [0.15, 0.2) is 24.3 Å². The summed E-state index contributed by atoms with van der Waals surface area (Å²) in [5, 5.41) is 8.53. The van der Waals surface area contributed by atoms with E-state index in [9.17, 15) is 4.79 Å².